The molecule has 114 valence electrons. The molecule has 2 aromatic rings. The molecule has 0 bridgehead atoms. The molecule has 1 saturated heterocycles. The van der Waals surface area contributed by atoms with E-state index >= 15 is 0 Å². The quantitative estimate of drug-likeness (QED) is 0.820. The lowest BCUT2D eigenvalue weighted by Crippen LogP contribution is -2.35. The number of carbonyl (C=O) groups is 1. The number of likely N-dealkylation sites (tertiary alicyclic amines) is 1. The van der Waals surface area contributed by atoms with Gasteiger partial charge in [0.1, 0.15) is 5.75 Å². The number of aromatic nitrogens is 1. The summed E-state index contributed by atoms with van der Waals surface area (Å²) < 4.78 is 6.57. The molecule has 1 aromatic heterocycles. The fourth-order valence-electron chi connectivity index (χ4n) is 2.49. The van der Waals surface area contributed by atoms with Gasteiger partial charge >= 0.3 is 0 Å². The Morgan fingerprint density at radius 1 is 1.09 bits per heavy atom. The van der Waals surface area contributed by atoms with Crippen LogP contribution < -0.4 is 4.74 Å². The van der Waals surface area contributed by atoms with Crippen LogP contribution >= 0.6 is 15.9 Å². The largest absolute Gasteiger partial charge is 0.438 e. The number of rotatable bonds is 3. The van der Waals surface area contributed by atoms with Gasteiger partial charge in [0.25, 0.3) is 5.91 Å². The highest BCUT2D eigenvalue weighted by Gasteiger charge is 2.18. The Bertz CT molecular complexity index is 652. The maximum absolute atomic E-state index is 12.4. The molecule has 2 heterocycles. The van der Waals surface area contributed by atoms with Gasteiger partial charge in [-0.15, -0.1) is 0 Å². The summed E-state index contributed by atoms with van der Waals surface area (Å²) in [6.45, 7) is 1.68. The van der Waals surface area contributed by atoms with Gasteiger partial charge in [-0.2, -0.15) is 0 Å². The molecule has 1 amide bonds. The number of hydrogen-bond acceptors (Lipinski definition) is 3. The fraction of sp³-hybridized carbons (Fsp3) is 0.294. The predicted molar refractivity (Wildman–Crippen MR) is 88.2 cm³/mol. The Morgan fingerprint density at radius 2 is 1.86 bits per heavy atom. The molecule has 0 aliphatic carbocycles. The highest BCUT2D eigenvalue weighted by atomic mass is 79.9. The second-order valence-electron chi connectivity index (χ2n) is 5.27. The van der Waals surface area contributed by atoms with Crippen molar-refractivity contribution in [1.82, 2.24) is 9.88 Å². The molecule has 1 aromatic carbocycles. The molecular weight excluding hydrogens is 344 g/mol. The van der Waals surface area contributed by atoms with Gasteiger partial charge in [0, 0.05) is 25.4 Å². The number of para-hydroxylation sites is 1. The second kappa shape index (κ2) is 6.92. The third-order valence-corrected chi connectivity index (χ3v) is 4.33. The van der Waals surface area contributed by atoms with Crippen LogP contribution in [0.15, 0.2) is 47.1 Å². The van der Waals surface area contributed by atoms with Gasteiger partial charge in [0.2, 0.25) is 5.88 Å². The third kappa shape index (κ3) is 3.47. The van der Waals surface area contributed by atoms with E-state index in [4.69, 9.17) is 4.74 Å². The average Bonchev–Trinajstić information content (AvgIpc) is 2.58. The first-order valence-corrected chi connectivity index (χ1v) is 8.21. The normalized spacial score (nSPS) is 14.7. The molecule has 0 unspecified atom stereocenters. The van der Waals surface area contributed by atoms with Crippen LogP contribution in [0.1, 0.15) is 29.6 Å². The Labute approximate surface area is 138 Å². The minimum Gasteiger partial charge on any atom is -0.438 e. The molecule has 4 nitrogen and oxygen atoms in total. The minimum absolute atomic E-state index is 0.0552. The molecule has 0 spiro atoms. The smallest absolute Gasteiger partial charge is 0.255 e. The van der Waals surface area contributed by atoms with Gasteiger partial charge in [-0.25, -0.2) is 4.98 Å². The summed E-state index contributed by atoms with van der Waals surface area (Å²) in [6.07, 6.45) is 4.97. The van der Waals surface area contributed by atoms with Crippen molar-refractivity contribution in [3.8, 4) is 11.6 Å². The van der Waals surface area contributed by atoms with Gasteiger partial charge < -0.3 is 9.64 Å². The first kappa shape index (κ1) is 15.0. The van der Waals surface area contributed by atoms with Crippen LogP contribution in [0.5, 0.6) is 11.6 Å². The van der Waals surface area contributed by atoms with E-state index in [0.717, 1.165) is 30.4 Å². The molecule has 0 atom stereocenters. The van der Waals surface area contributed by atoms with E-state index < -0.39 is 0 Å². The van der Waals surface area contributed by atoms with Gasteiger partial charge in [-0.3, -0.25) is 4.79 Å². The lowest BCUT2D eigenvalue weighted by molar-refractivity contribution is 0.0724. The van der Waals surface area contributed by atoms with Crippen LogP contribution in [0.25, 0.3) is 0 Å². The first-order chi connectivity index (χ1) is 10.7. The molecule has 1 aliphatic heterocycles. The van der Waals surface area contributed by atoms with Crippen molar-refractivity contribution in [3.63, 3.8) is 0 Å². The van der Waals surface area contributed by atoms with Crippen LogP contribution in [0.3, 0.4) is 0 Å². The minimum atomic E-state index is 0.0552. The standard InChI is InChI=1S/C17H17BrN2O2/c18-14-6-2-3-7-15(14)22-16-9-8-13(12-19-16)17(21)20-10-4-1-5-11-20/h2-3,6-9,12H,1,4-5,10-11H2. The topological polar surface area (TPSA) is 42.4 Å². The molecule has 5 heteroatoms. The van der Waals surface area contributed by atoms with Crippen LogP contribution in [0.2, 0.25) is 0 Å². The summed E-state index contributed by atoms with van der Waals surface area (Å²) in [4.78, 5) is 18.5. The lowest BCUT2D eigenvalue weighted by Gasteiger charge is -2.26. The molecule has 0 N–H and O–H groups in total. The van der Waals surface area contributed by atoms with E-state index in [0.29, 0.717) is 17.2 Å². The number of nitrogens with zero attached hydrogens (tertiary/aromatic N) is 2. The van der Waals surface area contributed by atoms with Gasteiger partial charge in [0.05, 0.1) is 10.0 Å². The summed E-state index contributed by atoms with van der Waals surface area (Å²) in [5.41, 5.74) is 0.612. The van der Waals surface area contributed by atoms with Crippen LogP contribution in [-0.4, -0.2) is 28.9 Å². The zero-order valence-electron chi connectivity index (χ0n) is 12.2. The molecule has 22 heavy (non-hydrogen) atoms. The van der Waals surface area contributed by atoms with E-state index in [1.165, 1.54) is 6.42 Å². The Kier molecular flexibility index (Phi) is 4.73. The van der Waals surface area contributed by atoms with E-state index in [1.807, 2.05) is 29.2 Å². The van der Waals surface area contributed by atoms with E-state index in [2.05, 4.69) is 20.9 Å². The molecule has 3 rings (SSSR count). The number of hydrogen-bond donors (Lipinski definition) is 0. The maximum Gasteiger partial charge on any atom is 0.255 e. The number of carbonyl (C=O) groups excluding carboxylic acids is 1. The maximum atomic E-state index is 12.4. The highest BCUT2D eigenvalue weighted by Crippen LogP contribution is 2.28. The Morgan fingerprint density at radius 3 is 2.55 bits per heavy atom. The number of amides is 1. The molecular formula is C17H17BrN2O2. The SMILES string of the molecule is O=C(c1ccc(Oc2ccccc2Br)nc1)N1CCCCC1. The lowest BCUT2D eigenvalue weighted by atomic mass is 10.1. The molecule has 0 radical (unpaired) electrons. The van der Waals surface area contributed by atoms with E-state index in [-0.39, 0.29) is 5.91 Å². The predicted octanol–water partition coefficient (Wildman–Crippen LogP) is 4.26. The number of pyridine rings is 1. The second-order valence-corrected chi connectivity index (χ2v) is 6.12. The van der Waals surface area contributed by atoms with Crippen molar-refractivity contribution in [3.05, 3.63) is 52.6 Å². The average molecular weight is 361 g/mol. The summed E-state index contributed by atoms with van der Waals surface area (Å²) >= 11 is 3.43. The molecule has 1 fully saturated rings. The third-order valence-electron chi connectivity index (χ3n) is 3.68. The summed E-state index contributed by atoms with van der Waals surface area (Å²) in [7, 11) is 0. The zero-order valence-corrected chi connectivity index (χ0v) is 13.8. The molecule has 1 aliphatic rings. The number of piperidine rings is 1. The summed E-state index contributed by atoms with van der Waals surface area (Å²) in [5.74, 6) is 1.23. The number of ether oxygens (including phenoxy) is 1. The van der Waals surface area contributed by atoms with Crippen molar-refractivity contribution < 1.29 is 9.53 Å². The summed E-state index contributed by atoms with van der Waals surface area (Å²) in [5, 5.41) is 0. The van der Waals surface area contributed by atoms with Crippen molar-refractivity contribution in [1.29, 1.82) is 0 Å². The number of halogens is 1. The van der Waals surface area contributed by atoms with Crippen molar-refractivity contribution in [2.45, 2.75) is 19.3 Å². The van der Waals surface area contributed by atoms with Crippen LogP contribution in [0, 0.1) is 0 Å². The Hall–Kier alpha value is -1.88. The van der Waals surface area contributed by atoms with Crippen molar-refractivity contribution in [2.24, 2.45) is 0 Å². The highest BCUT2D eigenvalue weighted by molar-refractivity contribution is 9.10. The van der Waals surface area contributed by atoms with Crippen molar-refractivity contribution in [2.75, 3.05) is 13.1 Å². The zero-order chi connectivity index (χ0) is 15.4. The van der Waals surface area contributed by atoms with Crippen molar-refractivity contribution >= 4 is 21.8 Å². The number of benzene rings is 1. The van der Waals surface area contributed by atoms with Gasteiger partial charge in [0.15, 0.2) is 0 Å². The van der Waals surface area contributed by atoms with Gasteiger partial charge in [-0.1, -0.05) is 12.1 Å². The van der Waals surface area contributed by atoms with Crippen LogP contribution in [-0.2, 0) is 0 Å². The van der Waals surface area contributed by atoms with Crippen LogP contribution in [0.4, 0.5) is 0 Å². The Balaban J connectivity index is 1.70. The summed E-state index contributed by atoms with van der Waals surface area (Å²) in [6, 6.07) is 11.1. The van der Waals surface area contributed by atoms with E-state index in [9.17, 15) is 4.79 Å². The molecule has 0 saturated carbocycles. The first-order valence-electron chi connectivity index (χ1n) is 7.42. The fourth-order valence-corrected chi connectivity index (χ4v) is 2.85. The van der Waals surface area contributed by atoms with E-state index in [1.54, 1.807) is 18.3 Å². The van der Waals surface area contributed by atoms with Gasteiger partial charge in [-0.05, 0) is 53.4 Å². The monoisotopic (exact) mass is 360 g/mol.